The normalized spacial score (nSPS) is 24.3. The number of hydrogen-bond donors (Lipinski definition) is 0. The van der Waals surface area contributed by atoms with Gasteiger partial charge in [0.1, 0.15) is 0 Å². The molecule has 1 fully saturated rings. The van der Waals surface area contributed by atoms with E-state index in [9.17, 15) is 0 Å². The Bertz CT molecular complexity index is 4010. The highest BCUT2D eigenvalue weighted by molar-refractivity contribution is 6.24. The molecule has 11 aliphatic carbocycles. The Kier molecular flexibility index (Phi) is 7.58. The van der Waals surface area contributed by atoms with E-state index in [2.05, 4.69) is 194 Å². The third-order valence-electron chi connectivity index (χ3n) is 18.2. The topological polar surface area (TPSA) is 0 Å². The van der Waals surface area contributed by atoms with Crippen LogP contribution in [-0.4, -0.2) is 0 Å². The monoisotopic (exact) mass is 888 g/mol. The van der Waals surface area contributed by atoms with Crippen molar-refractivity contribution >= 4 is 55.0 Å². The summed E-state index contributed by atoms with van der Waals surface area (Å²) in [6.07, 6.45) is 41.6. The number of rotatable bonds is 4. The second kappa shape index (κ2) is 13.9. The van der Waals surface area contributed by atoms with Crippen LogP contribution in [0.4, 0.5) is 0 Å². The van der Waals surface area contributed by atoms with Crippen LogP contribution >= 0.6 is 0 Å². The molecule has 0 heteroatoms. The molecule has 328 valence electrons. The van der Waals surface area contributed by atoms with E-state index in [1.807, 2.05) is 0 Å². The summed E-state index contributed by atoms with van der Waals surface area (Å²) in [7, 11) is 0. The number of benzene rings is 6. The molecule has 0 saturated heterocycles. The minimum atomic E-state index is 0.288. The molecule has 11 aliphatic rings. The van der Waals surface area contributed by atoms with Gasteiger partial charge < -0.3 is 0 Å². The van der Waals surface area contributed by atoms with Crippen molar-refractivity contribution in [3.8, 4) is 22.3 Å². The maximum absolute atomic E-state index is 2.59. The standard InChI is InChI=1S/C70H48/c1-4-12-39(13-5-1)42-18-10-19-43(34-42)44-22-23-48-60(35-44)50-21-11-20-49-59-38-62-56-29-27-52-54-31-33-58-66-47(41-16-8-3-9-17-41)25-24-46(40-14-6-2-7-15-40)65(66)57-32-30-53(68(54)70(57)58)51-26-28-55(69(56)67(51)52)61(62)36-45(59)37-63(48)64(49)50/h2-4,6-9,11-18,20-21,24-38,67-70H,1,5,10,19,22-23H2. The molecule has 0 N–H and O–H groups in total. The van der Waals surface area contributed by atoms with Crippen molar-refractivity contribution in [1.29, 1.82) is 0 Å². The van der Waals surface area contributed by atoms with E-state index in [1.54, 1.807) is 5.57 Å². The quantitative estimate of drug-likeness (QED) is 0.155. The molecule has 4 atom stereocenters. The number of hydrogen-bond acceptors (Lipinski definition) is 0. The zero-order chi connectivity index (χ0) is 45.3. The van der Waals surface area contributed by atoms with Crippen LogP contribution in [0, 0.1) is 23.7 Å². The van der Waals surface area contributed by atoms with Gasteiger partial charge in [-0.05, 0) is 212 Å². The van der Waals surface area contributed by atoms with Gasteiger partial charge in [0, 0.05) is 23.7 Å². The second-order valence-corrected chi connectivity index (χ2v) is 21.4. The van der Waals surface area contributed by atoms with Gasteiger partial charge in [-0.25, -0.2) is 0 Å². The molecule has 6 aromatic carbocycles. The van der Waals surface area contributed by atoms with Crippen molar-refractivity contribution in [2.45, 2.75) is 38.5 Å². The molecular formula is C70H48. The smallest absolute Gasteiger partial charge is 0.0212 e. The summed E-state index contributed by atoms with van der Waals surface area (Å²) in [5.74, 6) is 1.22. The van der Waals surface area contributed by atoms with E-state index in [0.717, 1.165) is 38.5 Å². The van der Waals surface area contributed by atoms with E-state index in [-0.39, 0.29) is 5.92 Å². The Hall–Kier alpha value is -7.80. The molecule has 4 unspecified atom stereocenters. The van der Waals surface area contributed by atoms with Crippen LogP contribution in [0.5, 0.6) is 0 Å². The Morgan fingerprint density at radius 1 is 0.371 bits per heavy atom. The van der Waals surface area contributed by atoms with E-state index < -0.39 is 0 Å². The molecule has 0 aliphatic heterocycles. The van der Waals surface area contributed by atoms with Crippen molar-refractivity contribution in [3.63, 3.8) is 0 Å². The van der Waals surface area contributed by atoms with Gasteiger partial charge in [-0.3, -0.25) is 0 Å². The highest BCUT2D eigenvalue weighted by Gasteiger charge is 2.54. The third kappa shape index (κ3) is 4.96. The number of fused-ring (bicyclic) bond motifs is 12. The molecule has 0 amide bonds. The second-order valence-electron chi connectivity index (χ2n) is 21.4. The molecule has 0 heterocycles. The lowest BCUT2D eigenvalue weighted by molar-refractivity contribution is 0.525. The fraction of sp³-hybridized carbons (Fsp3) is 0.143. The average molecular weight is 889 g/mol. The van der Waals surface area contributed by atoms with Gasteiger partial charge >= 0.3 is 0 Å². The lowest BCUT2D eigenvalue weighted by Crippen LogP contribution is -2.37. The summed E-state index contributed by atoms with van der Waals surface area (Å²) < 4.78 is 0. The first-order valence-corrected chi connectivity index (χ1v) is 26.0. The molecule has 0 radical (unpaired) electrons. The van der Waals surface area contributed by atoms with Gasteiger partial charge in [-0.2, -0.15) is 0 Å². The van der Waals surface area contributed by atoms with E-state index in [0.29, 0.717) is 17.8 Å². The van der Waals surface area contributed by atoms with Crippen LogP contribution in [0.25, 0.3) is 77.2 Å². The summed E-state index contributed by atoms with van der Waals surface area (Å²) in [6, 6.07) is 41.8. The largest absolute Gasteiger partial charge is 0.0836 e. The average Bonchev–Trinajstić information content (AvgIpc) is 4.06. The molecule has 6 aromatic rings. The predicted molar refractivity (Wildman–Crippen MR) is 293 cm³/mol. The van der Waals surface area contributed by atoms with E-state index in [4.69, 9.17) is 0 Å². The van der Waals surface area contributed by atoms with Gasteiger partial charge in [-0.15, -0.1) is 0 Å². The van der Waals surface area contributed by atoms with Crippen LogP contribution in [0.1, 0.15) is 71.9 Å². The highest BCUT2D eigenvalue weighted by Crippen LogP contribution is 2.68. The Morgan fingerprint density at radius 2 is 0.943 bits per heavy atom. The van der Waals surface area contributed by atoms with E-state index >= 15 is 0 Å². The van der Waals surface area contributed by atoms with Crippen molar-refractivity contribution in [3.05, 3.63) is 272 Å². The van der Waals surface area contributed by atoms with Gasteiger partial charge in [0.25, 0.3) is 0 Å². The predicted octanol–water partition coefficient (Wildman–Crippen LogP) is 17.7. The zero-order valence-electron chi connectivity index (χ0n) is 39.0. The van der Waals surface area contributed by atoms with Crippen molar-refractivity contribution in [2.75, 3.05) is 0 Å². The first kappa shape index (κ1) is 38.1. The number of allylic oxidation sites excluding steroid dienone is 28. The molecule has 0 aromatic heterocycles. The van der Waals surface area contributed by atoms with Crippen LogP contribution in [0.3, 0.4) is 0 Å². The Morgan fingerprint density at radius 3 is 1.60 bits per heavy atom. The summed E-state index contributed by atoms with van der Waals surface area (Å²) in [5.41, 5.74) is 34.8. The zero-order valence-corrected chi connectivity index (χ0v) is 39.0. The summed E-state index contributed by atoms with van der Waals surface area (Å²) in [4.78, 5) is 0. The Balaban J connectivity index is 0.790. The van der Waals surface area contributed by atoms with E-state index in [1.165, 1.54) is 150 Å². The molecule has 0 nitrogen and oxygen atoms in total. The van der Waals surface area contributed by atoms with Gasteiger partial charge in [0.05, 0.1) is 0 Å². The maximum atomic E-state index is 2.59. The van der Waals surface area contributed by atoms with Crippen LogP contribution in [-0.2, 0) is 0 Å². The van der Waals surface area contributed by atoms with Crippen LogP contribution in [0.15, 0.2) is 239 Å². The molecule has 70 heavy (non-hydrogen) atoms. The Labute approximate surface area is 409 Å². The minimum absolute atomic E-state index is 0.288. The van der Waals surface area contributed by atoms with Gasteiger partial charge in [0.15, 0.2) is 0 Å². The van der Waals surface area contributed by atoms with Crippen molar-refractivity contribution in [1.82, 2.24) is 0 Å². The fourth-order valence-corrected chi connectivity index (χ4v) is 15.4. The molecule has 1 saturated carbocycles. The lowest BCUT2D eigenvalue weighted by Gasteiger charge is -2.48. The molecule has 0 spiro atoms. The summed E-state index contributed by atoms with van der Waals surface area (Å²) >= 11 is 0. The lowest BCUT2D eigenvalue weighted by atomic mass is 9.54. The van der Waals surface area contributed by atoms with Gasteiger partial charge in [-0.1, -0.05) is 176 Å². The first-order chi connectivity index (χ1) is 34.7. The SMILES string of the molecule is C1=CC(C2=CCCC(C3=CC4=C(CC3)c3cc5cc6c(cc5c5cccc4c35)C3=CC=C4C5=CC=C7c8c(-c9ccccc9)ccc(-c9ccccc9)c8C8=CC=C(C9=CC=C6C3C94)C5C87)=C2)=CCC1. The summed E-state index contributed by atoms with van der Waals surface area (Å²) in [6.45, 7) is 0. The van der Waals surface area contributed by atoms with Crippen molar-refractivity contribution < 1.29 is 0 Å². The third-order valence-corrected chi connectivity index (χ3v) is 18.2. The van der Waals surface area contributed by atoms with Crippen molar-refractivity contribution in [2.24, 2.45) is 23.7 Å². The fourth-order valence-electron chi connectivity index (χ4n) is 15.4. The first-order valence-electron chi connectivity index (χ1n) is 26.0. The minimum Gasteiger partial charge on any atom is -0.0836 e. The molecule has 17 rings (SSSR count). The van der Waals surface area contributed by atoms with Crippen LogP contribution < -0.4 is 0 Å². The molecule has 0 bridgehead atoms. The highest BCUT2D eigenvalue weighted by atomic mass is 14.6. The molecular weight excluding hydrogens is 841 g/mol. The maximum Gasteiger partial charge on any atom is 0.0212 e. The van der Waals surface area contributed by atoms with Crippen LogP contribution in [0.2, 0.25) is 0 Å². The summed E-state index contributed by atoms with van der Waals surface area (Å²) in [5, 5.41) is 5.62. The van der Waals surface area contributed by atoms with Gasteiger partial charge in [0.2, 0.25) is 0 Å².